The smallest absolute Gasteiger partial charge is 0.335 e. The van der Waals surface area contributed by atoms with Gasteiger partial charge in [-0.05, 0) is 6.92 Å². The number of methoxy groups -OCH3 is 1. The molecule has 0 spiro atoms. The van der Waals surface area contributed by atoms with Gasteiger partial charge in [-0.1, -0.05) is 0 Å². The van der Waals surface area contributed by atoms with Crippen LogP contribution in [0.2, 0.25) is 0 Å². The SMILES string of the molecule is COC(=O)[C@@H]1C[C@H](OC(C)=O)[C@@H](OC(C)=O)[C@@H](C)O1. The fourth-order valence-electron chi connectivity index (χ4n) is 2.01. The Morgan fingerprint density at radius 2 is 1.68 bits per heavy atom. The molecule has 0 unspecified atom stereocenters. The van der Waals surface area contributed by atoms with Crippen LogP contribution in [-0.4, -0.2) is 49.4 Å². The predicted molar refractivity (Wildman–Crippen MR) is 62.1 cm³/mol. The highest BCUT2D eigenvalue weighted by Crippen LogP contribution is 2.26. The summed E-state index contributed by atoms with van der Waals surface area (Å²) in [6.07, 6.45) is -2.78. The molecule has 108 valence electrons. The Morgan fingerprint density at radius 3 is 2.16 bits per heavy atom. The third-order valence-electron chi connectivity index (χ3n) is 2.74. The first kappa shape index (κ1) is 15.4. The van der Waals surface area contributed by atoms with E-state index in [4.69, 9.17) is 14.2 Å². The first-order valence-electron chi connectivity index (χ1n) is 5.92. The number of carbonyl (C=O) groups excluding carboxylic acids is 3. The van der Waals surface area contributed by atoms with Crippen LogP contribution in [0, 0.1) is 0 Å². The summed E-state index contributed by atoms with van der Waals surface area (Å²) in [6, 6.07) is 0. The van der Waals surface area contributed by atoms with E-state index in [-0.39, 0.29) is 6.42 Å². The van der Waals surface area contributed by atoms with Crippen molar-refractivity contribution in [3.8, 4) is 0 Å². The maximum absolute atomic E-state index is 11.5. The summed E-state index contributed by atoms with van der Waals surface area (Å²) < 4.78 is 20.2. The van der Waals surface area contributed by atoms with Crippen LogP contribution in [0.15, 0.2) is 0 Å². The van der Waals surface area contributed by atoms with Gasteiger partial charge in [0, 0.05) is 20.3 Å². The maximum atomic E-state index is 11.5. The van der Waals surface area contributed by atoms with Gasteiger partial charge in [-0.25, -0.2) is 4.79 Å². The van der Waals surface area contributed by atoms with E-state index in [9.17, 15) is 14.4 Å². The second kappa shape index (κ2) is 6.51. The average Bonchev–Trinajstić information content (AvgIpc) is 2.31. The summed E-state index contributed by atoms with van der Waals surface area (Å²) in [4.78, 5) is 33.6. The molecule has 1 rings (SSSR count). The molecule has 0 N–H and O–H groups in total. The molecule has 1 heterocycles. The van der Waals surface area contributed by atoms with E-state index in [1.165, 1.54) is 21.0 Å². The molecule has 1 aliphatic heterocycles. The average molecular weight is 274 g/mol. The van der Waals surface area contributed by atoms with E-state index in [2.05, 4.69) is 4.74 Å². The molecule has 19 heavy (non-hydrogen) atoms. The van der Waals surface area contributed by atoms with Crippen LogP contribution in [0.1, 0.15) is 27.2 Å². The highest BCUT2D eigenvalue weighted by Gasteiger charge is 2.43. The molecule has 0 amide bonds. The highest BCUT2D eigenvalue weighted by atomic mass is 16.6. The molecule has 1 fully saturated rings. The first-order chi connectivity index (χ1) is 8.85. The summed E-state index contributed by atoms with van der Waals surface area (Å²) in [5, 5.41) is 0. The van der Waals surface area contributed by atoms with E-state index in [1.807, 2.05) is 0 Å². The van der Waals surface area contributed by atoms with E-state index in [0.29, 0.717) is 0 Å². The molecule has 0 bridgehead atoms. The van der Waals surface area contributed by atoms with Crippen LogP contribution in [0.5, 0.6) is 0 Å². The third-order valence-corrected chi connectivity index (χ3v) is 2.74. The van der Waals surface area contributed by atoms with Crippen molar-refractivity contribution in [2.75, 3.05) is 7.11 Å². The summed E-state index contributed by atoms with van der Waals surface area (Å²) in [6.45, 7) is 4.14. The highest BCUT2D eigenvalue weighted by molar-refractivity contribution is 5.75. The van der Waals surface area contributed by atoms with Crippen molar-refractivity contribution in [3.63, 3.8) is 0 Å². The van der Waals surface area contributed by atoms with E-state index in [1.54, 1.807) is 6.92 Å². The number of hydrogen-bond acceptors (Lipinski definition) is 7. The van der Waals surface area contributed by atoms with Crippen molar-refractivity contribution in [2.45, 2.75) is 51.6 Å². The van der Waals surface area contributed by atoms with Crippen molar-refractivity contribution < 1.29 is 33.3 Å². The van der Waals surface area contributed by atoms with Crippen molar-refractivity contribution in [1.29, 1.82) is 0 Å². The lowest BCUT2D eigenvalue weighted by Crippen LogP contribution is -2.52. The lowest BCUT2D eigenvalue weighted by molar-refractivity contribution is -0.210. The maximum Gasteiger partial charge on any atom is 0.335 e. The third kappa shape index (κ3) is 4.20. The fraction of sp³-hybridized carbons (Fsp3) is 0.750. The minimum atomic E-state index is -0.837. The standard InChI is InChI=1S/C12H18O7/c1-6-11(19-8(3)14)9(18-7(2)13)5-10(17-6)12(15)16-4/h6,9-11H,5H2,1-4H3/t6-,9+,10+,11+/m1/s1. The molecule has 1 saturated heterocycles. The molecule has 0 saturated carbocycles. The summed E-state index contributed by atoms with van der Waals surface area (Å²) in [5.74, 6) is -1.57. The van der Waals surface area contributed by atoms with Crippen LogP contribution >= 0.6 is 0 Å². The van der Waals surface area contributed by atoms with Gasteiger partial charge in [0.15, 0.2) is 12.2 Å². The molecule has 0 aromatic rings. The molecule has 0 aromatic heterocycles. The van der Waals surface area contributed by atoms with Gasteiger partial charge in [-0.15, -0.1) is 0 Å². The Hall–Kier alpha value is -1.63. The molecule has 0 radical (unpaired) electrons. The van der Waals surface area contributed by atoms with Gasteiger partial charge in [0.1, 0.15) is 6.10 Å². The number of rotatable bonds is 3. The quantitative estimate of drug-likeness (QED) is 0.536. The molecular formula is C12H18O7. The molecule has 1 aliphatic rings. The minimum absolute atomic E-state index is 0.0918. The Kier molecular flexibility index (Phi) is 5.29. The van der Waals surface area contributed by atoms with Gasteiger partial charge in [0.05, 0.1) is 13.2 Å². The summed E-state index contributed by atoms with van der Waals surface area (Å²) in [7, 11) is 1.25. The van der Waals surface area contributed by atoms with Gasteiger partial charge in [-0.2, -0.15) is 0 Å². The molecule has 0 aromatic carbocycles. The topological polar surface area (TPSA) is 88.1 Å². The van der Waals surface area contributed by atoms with Gasteiger partial charge in [0.2, 0.25) is 0 Å². The molecule has 4 atom stereocenters. The number of carbonyl (C=O) groups is 3. The number of ether oxygens (including phenoxy) is 4. The van der Waals surface area contributed by atoms with Gasteiger partial charge >= 0.3 is 17.9 Å². The Balaban J connectivity index is 2.83. The molecule has 0 aliphatic carbocycles. The Labute approximate surface area is 111 Å². The fourth-order valence-corrected chi connectivity index (χ4v) is 2.01. The zero-order valence-electron chi connectivity index (χ0n) is 11.4. The van der Waals surface area contributed by atoms with Crippen LogP contribution in [-0.2, 0) is 33.3 Å². The normalized spacial score (nSPS) is 30.3. The summed E-state index contributed by atoms with van der Waals surface area (Å²) in [5.41, 5.74) is 0. The van der Waals surface area contributed by atoms with Crippen molar-refractivity contribution in [2.24, 2.45) is 0 Å². The van der Waals surface area contributed by atoms with Crippen molar-refractivity contribution >= 4 is 17.9 Å². The van der Waals surface area contributed by atoms with Gasteiger partial charge in [-0.3, -0.25) is 9.59 Å². The van der Waals surface area contributed by atoms with Gasteiger partial charge < -0.3 is 18.9 Å². The zero-order chi connectivity index (χ0) is 14.6. The lowest BCUT2D eigenvalue weighted by atomic mass is 9.98. The second-order valence-electron chi connectivity index (χ2n) is 4.31. The summed E-state index contributed by atoms with van der Waals surface area (Å²) >= 11 is 0. The van der Waals surface area contributed by atoms with Crippen molar-refractivity contribution in [3.05, 3.63) is 0 Å². The predicted octanol–water partition coefficient (Wildman–Crippen LogP) is 0.200. The van der Waals surface area contributed by atoms with E-state index >= 15 is 0 Å². The first-order valence-corrected chi connectivity index (χ1v) is 5.92. The monoisotopic (exact) mass is 274 g/mol. The van der Waals surface area contributed by atoms with E-state index in [0.717, 1.165) is 0 Å². The Morgan fingerprint density at radius 1 is 1.11 bits per heavy atom. The molecule has 7 nitrogen and oxygen atoms in total. The van der Waals surface area contributed by atoms with Gasteiger partial charge in [0.25, 0.3) is 0 Å². The molecular weight excluding hydrogens is 256 g/mol. The van der Waals surface area contributed by atoms with Crippen LogP contribution in [0.3, 0.4) is 0 Å². The molecule has 7 heteroatoms. The second-order valence-corrected chi connectivity index (χ2v) is 4.31. The number of esters is 3. The number of hydrogen-bond donors (Lipinski definition) is 0. The zero-order valence-corrected chi connectivity index (χ0v) is 11.4. The van der Waals surface area contributed by atoms with Crippen LogP contribution in [0.25, 0.3) is 0 Å². The largest absolute Gasteiger partial charge is 0.467 e. The van der Waals surface area contributed by atoms with Crippen molar-refractivity contribution in [1.82, 2.24) is 0 Å². The Bertz CT molecular complexity index is 365. The van der Waals surface area contributed by atoms with Crippen LogP contribution < -0.4 is 0 Å². The van der Waals surface area contributed by atoms with E-state index < -0.39 is 42.3 Å². The van der Waals surface area contributed by atoms with Crippen LogP contribution in [0.4, 0.5) is 0 Å². The minimum Gasteiger partial charge on any atom is -0.467 e. The lowest BCUT2D eigenvalue weighted by Gasteiger charge is -2.38.